The topological polar surface area (TPSA) is 93.8 Å². The summed E-state index contributed by atoms with van der Waals surface area (Å²) in [5.74, 6) is 0.00633. The second-order valence-corrected chi connectivity index (χ2v) is 5.59. The zero-order valence-corrected chi connectivity index (χ0v) is 14.4. The van der Waals surface area contributed by atoms with E-state index in [0.29, 0.717) is 25.3 Å². The monoisotopic (exact) mass is 352 g/mol. The lowest BCUT2D eigenvalue weighted by atomic mass is 10.3. The molecule has 0 saturated carbocycles. The predicted octanol–water partition coefficient (Wildman–Crippen LogP) is 1.85. The molecule has 0 unspecified atom stereocenters. The number of hydrogen-bond donors (Lipinski definition) is 2. The Hall–Kier alpha value is -3.42. The van der Waals surface area contributed by atoms with Crippen molar-refractivity contribution in [3.8, 4) is 5.69 Å². The highest BCUT2D eigenvalue weighted by atomic mass is 16.2. The summed E-state index contributed by atoms with van der Waals surface area (Å²) in [7, 11) is 0. The Kier molecular flexibility index (Phi) is 5.43. The van der Waals surface area contributed by atoms with Crippen molar-refractivity contribution in [1.29, 1.82) is 0 Å². The standard InChI is InChI=1S/C18H20N6O2/c1-2-17(25)21-16-13-15(22-24(16)14-7-4-3-5-8-14)18(26)19-10-12-23-11-6-9-20-23/h3-9,11,13H,2,10,12H2,1H3,(H,19,26)(H,21,25). The van der Waals surface area contributed by atoms with E-state index in [1.165, 1.54) is 0 Å². The molecule has 2 aromatic heterocycles. The number of benzene rings is 1. The molecular formula is C18H20N6O2. The van der Waals surface area contributed by atoms with E-state index in [9.17, 15) is 9.59 Å². The quantitative estimate of drug-likeness (QED) is 0.678. The number of rotatable bonds is 7. The van der Waals surface area contributed by atoms with E-state index >= 15 is 0 Å². The minimum atomic E-state index is -0.307. The highest BCUT2D eigenvalue weighted by molar-refractivity contribution is 5.95. The van der Waals surface area contributed by atoms with Gasteiger partial charge in [0.1, 0.15) is 5.82 Å². The van der Waals surface area contributed by atoms with E-state index in [0.717, 1.165) is 5.69 Å². The Morgan fingerprint density at radius 3 is 2.65 bits per heavy atom. The molecule has 0 atom stereocenters. The third kappa shape index (κ3) is 4.15. The van der Waals surface area contributed by atoms with Crippen molar-refractivity contribution in [3.63, 3.8) is 0 Å². The van der Waals surface area contributed by atoms with Crippen LogP contribution in [0.15, 0.2) is 54.9 Å². The molecule has 3 rings (SSSR count). The number of hydrogen-bond acceptors (Lipinski definition) is 4. The Balaban J connectivity index is 1.76. The molecule has 0 spiro atoms. The van der Waals surface area contributed by atoms with Crippen LogP contribution in [0.5, 0.6) is 0 Å². The van der Waals surface area contributed by atoms with Crippen LogP contribution in [0.4, 0.5) is 5.82 Å². The average Bonchev–Trinajstić information content (AvgIpc) is 3.32. The molecule has 2 N–H and O–H groups in total. The molecule has 0 radical (unpaired) electrons. The lowest BCUT2D eigenvalue weighted by Crippen LogP contribution is -2.27. The molecule has 0 saturated heterocycles. The third-order valence-electron chi connectivity index (χ3n) is 3.72. The Labute approximate surface area is 150 Å². The molecule has 2 amide bonds. The summed E-state index contributed by atoms with van der Waals surface area (Å²) in [5.41, 5.74) is 0.996. The van der Waals surface area contributed by atoms with Gasteiger partial charge < -0.3 is 10.6 Å². The van der Waals surface area contributed by atoms with Gasteiger partial charge in [-0.15, -0.1) is 0 Å². The van der Waals surface area contributed by atoms with E-state index in [2.05, 4.69) is 20.8 Å². The number of carbonyl (C=O) groups is 2. The zero-order valence-electron chi connectivity index (χ0n) is 14.4. The van der Waals surface area contributed by atoms with Gasteiger partial charge in [-0.1, -0.05) is 25.1 Å². The van der Waals surface area contributed by atoms with Crippen LogP contribution in [0, 0.1) is 0 Å². The predicted molar refractivity (Wildman–Crippen MR) is 97.0 cm³/mol. The maximum absolute atomic E-state index is 12.4. The summed E-state index contributed by atoms with van der Waals surface area (Å²) in [6, 6.07) is 12.7. The fourth-order valence-electron chi connectivity index (χ4n) is 2.39. The molecule has 26 heavy (non-hydrogen) atoms. The van der Waals surface area contributed by atoms with Crippen LogP contribution in [0.25, 0.3) is 5.69 Å². The van der Waals surface area contributed by atoms with Crippen LogP contribution in [-0.2, 0) is 11.3 Å². The van der Waals surface area contributed by atoms with E-state index in [1.807, 2.05) is 42.6 Å². The number of anilines is 1. The fraction of sp³-hybridized carbons (Fsp3) is 0.222. The van der Waals surface area contributed by atoms with Crippen molar-refractivity contribution in [3.05, 3.63) is 60.6 Å². The van der Waals surface area contributed by atoms with Gasteiger partial charge in [0.05, 0.1) is 12.2 Å². The SMILES string of the molecule is CCC(=O)Nc1cc(C(=O)NCCn2cccn2)nn1-c1ccccc1. The van der Waals surface area contributed by atoms with Crippen LogP contribution in [0.3, 0.4) is 0 Å². The van der Waals surface area contributed by atoms with Gasteiger partial charge >= 0.3 is 0 Å². The minimum absolute atomic E-state index is 0.146. The van der Waals surface area contributed by atoms with Crippen molar-refractivity contribution in [2.24, 2.45) is 0 Å². The zero-order chi connectivity index (χ0) is 18.4. The lowest BCUT2D eigenvalue weighted by molar-refractivity contribution is -0.115. The van der Waals surface area contributed by atoms with E-state index in [1.54, 1.807) is 28.6 Å². The molecule has 134 valence electrons. The summed E-state index contributed by atoms with van der Waals surface area (Å²) in [5, 5.41) is 14.0. The molecule has 8 heteroatoms. The molecule has 8 nitrogen and oxygen atoms in total. The third-order valence-corrected chi connectivity index (χ3v) is 3.72. The summed E-state index contributed by atoms with van der Waals surface area (Å²) in [4.78, 5) is 24.2. The first kappa shape index (κ1) is 17.4. The van der Waals surface area contributed by atoms with Crippen molar-refractivity contribution >= 4 is 17.6 Å². The summed E-state index contributed by atoms with van der Waals surface area (Å²) >= 11 is 0. The average molecular weight is 352 g/mol. The normalized spacial score (nSPS) is 10.5. The smallest absolute Gasteiger partial charge is 0.271 e. The maximum Gasteiger partial charge on any atom is 0.271 e. The molecule has 2 heterocycles. The second-order valence-electron chi connectivity index (χ2n) is 5.59. The highest BCUT2D eigenvalue weighted by Crippen LogP contribution is 2.17. The van der Waals surface area contributed by atoms with E-state index < -0.39 is 0 Å². The number of amides is 2. The van der Waals surface area contributed by atoms with Crippen molar-refractivity contribution in [1.82, 2.24) is 24.9 Å². The molecule has 0 bridgehead atoms. The molecular weight excluding hydrogens is 332 g/mol. The number of nitrogens with one attached hydrogen (secondary N) is 2. The van der Waals surface area contributed by atoms with Crippen LogP contribution in [0.1, 0.15) is 23.8 Å². The lowest BCUT2D eigenvalue weighted by Gasteiger charge is -2.07. The second kappa shape index (κ2) is 8.11. The number of carbonyl (C=O) groups excluding carboxylic acids is 2. The van der Waals surface area contributed by atoms with Gasteiger partial charge in [0.25, 0.3) is 5.91 Å². The van der Waals surface area contributed by atoms with Crippen LogP contribution in [0.2, 0.25) is 0 Å². The van der Waals surface area contributed by atoms with E-state index in [-0.39, 0.29) is 17.5 Å². The number of nitrogens with zero attached hydrogens (tertiary/aromatic N) is 4. The van der Waals surface area contributed by atoms with Gasteiger partial charge in [0.2, 0.25) is 5.91 Å². The van der Waals surface area contributed by atoms with Crippen molar-refractivity contribution in [2.75, 3.05) is 11.9 Å². The highest BCUT2D eigenvalue weighted by Gasteiger charge is 2.16. The summed E-state index contributed by atoms with van der Waals surface area (Å²) < 4.78 is 3.28. The van der Waals surface area contributed by atoms with Crippen LogP contribution in [-0.4, -0.2) is 37.9 Å². The van der Waals surface area contributed by atoms with Crippen LogP contribution >= 0.6 is 0 Å². The largest absolute Gasteiger partial charge is 0.349 e. The molecule has 0 aliphatic carbocycles. The first-order valence-electron chi connectivity index (χ1n) is 8.38. The van der Waals surface area contributed by atoms with E-state index in [4.69, 9.17) is 0 Å². The Morgan fingerprint density at radius 2 is 1.96 bits per heavy atom. The van der Waals surface area contributed by atoms with Gasteiger partial charge in [0.15, 0.2) is 5.69 Å². The molecule has 0 fully saturated rings. The minimum Gasteiger partial charge on any atom is -0.349 e. The summed E-state index contributed by atoms with van der Waals surface area (Å²) in [6.45, 7) is 2.76. The summed E-state index contributed by atoms with van der Waals surface area (Å²) in [6.07, 6.45) is 3.85. The molecule has 1 aromatic carbocycles. The molecule has 0 aliphatic rings. The molecule has 3 aromatic rings. The number of aromatic nitrogens is 4. The van der Waals surface area contributed by atoms with Crippen molar-refractivity contribution < 1.29 is 9.59 Å². The van der Waals surface area contributed by atoms with Gasteiger partial charge in [-0.2, -0.15) is 10.2 Å². The number of para-hydroxylation sites is 1. The van der Waals surface area contributed by atoms with Crippen LogP contribution < -0.4 is 10.6 Å². The van der Waals surface area contributed by atoms with Gasteiger partial charge in [0, 0.05) is 31.4 Å². The Bertz CT molecular complexity index is 870. The van der Waals surface area contributed by atoms with Gasteiger partial charge in [-0.05, 0) is 18.2 Å². The maximum atomic E-state index is 12.4. The fourth-order valence-corrected chi connectivity index (χ4v) is 2.39. The van der Waals surface area contributed by atoms with Gasteiger partial charge in [-0.3, -0.25) is 14.3 Å². The first-order chi connectivity index (χ1) is 12.7. The molecule has 0 aliphatic heterocycles. The van der Waals surface area contributed by atoms with Crippen molar-refractivity contribution in [2.45, 2.75) is 19.9 Å². The Morgan fingerprint density at radius 1 is 1.15 bits per heavy atom. The van der Waals surface area contributed by atoms with Gasteiger partial charge in [-0.25, -0.2) is 4.68 Å². The first-order valence-corrected chi connectivity index (χ1v) is 8.38.